The van der Waals surface area contributed by atoms with Gasteiger partial charge in [-0.25, -0.2) is 0 Å². The lowest BCUT2D eigenvalue weighted by Crippen LogP contribution is -2.44. The number of para-hydroxylation sites is 2. The number of ether oxygens (including phenoxy) is 2. The van der Waals surface area contributed by atoms with Gasteiger partial charge in [-0.05, 0) is 25.0 Å². The minimum Gasteiger partial charge on any atom is -0.485 e. The maximum atomic E-state index is 12.1. The van der Waals surface area contributed by atoms with Crippen molar-refractivity contribution in [3.05, 3.63) is 24.3 Å². The molecule has 1 atom stereocenters. The van der Waals surface area contributed by atoms with Crippen LogP contribution in [0.5, 0.6) is 11.5 Å². The highest BCUT2D eigenvalue weighted by molar-refractivity contribution is 7.99. The van der Waals surface area contributed by atoms with Crippen molar-refractivity contribution in [3.63, 3.8) is 0 Å². The molecular weight excluding hydrogens is 298 g/mol. The van der Waals surface area contributed by atoms with Crippen molar-refractivity contribution < 1.29 is 14.3 Å². The normalized spacial score (nSPS) is 21.4. The Morgan fingerprint density at radius 3 is 2.77 bits per heavy atom. The van der Waals surface area contributed by atoms with Crippen LogP contribution in [0.25, 0.3) is 0 Å². The van der Waals surface area contributed by atoms with Crippen LogP contribution in [0.2, 0.25) is 0 Å². The van der Waals surface area contributed by atoms with Crippen LogP contribution in [0.4, 0.5) is 0 Å². The summed E-state index contributed by atoms with van der Waals surface area (Å²) >= 11 is 1.99. The number of carbonyl (C=O) groups is 1. The monoisotopic (exact) mass is 321 g/mol. The Labute approximate surface area is 135 Å². The molecule has 1 aliphatic carbocycles. The lowest BCUT2D eigenvalue weighted by atomic mass is 10.0. The summed E-state index contributed by atoms with van der Waals surface area (Å²) in [5.41, 5.74) is 0. The van der Waals surface area contributed by atoms with Crippen molar-refractivity contribution in [3.8, 4) is 11.5 Å². The number of amides is 1. The number of rotatable bonds is 5. The molecule has 1 aromatic rings. The molecule has 0 aromatic heterocycles. The van der Waals surface area contributed by atoms with Crippen LogP contribution in [-0.2, 0) is 4.79 Å². The minimum absolute atomic E-state index is 0.0845. The Balaban J connectivity index is 1.37. The minimum atomic E-state index is -0.547. The zero-order chi connectivity index (χ0) is 15.2. The molecule has 0 radical (unpaired) electrons. The van der Waals surface area contributed by atoms with Gasteiger partial charge in [0.1, 0.15) is 6.61 Å². The second-order valence-electron chi connectivity index (χ2n) is 5.79. The Morgan fingerprint density at radius 1 is 1.18 bits per heavy atom. The van der Waals surface area contributed by atoms with Crippen molar-refractivity contribution in [1.82, 2.24) is 5.32 Å². The fourth-order valence-corrected chi connectivity index (χ4v) is 4.11. The molecule has 1 aromatic carbocycles. The molecule has 0 bridgehead atoms. The summed E-state index contributed by atoms with van der Waals surface area (Å²) in [4.78, 5) is 12.1. The number of carbonyl (C=O) groups excluding carboxylic acids is 1. The standard InChI is InChI=1S/C17H23NO3S/c19-17(18-10-11-22-13-6-2-1-3-7-13)16-12-20-14-8-4-5-9-15(14)21-16/h4-5,8-9,13,16H,1-3,6-7,10-12H2,(H,18,19)/t16-/m0/s1. The molecule has 120 valence electrons. The molecule has 4 nitrogen and oxygen atoms in total. The van der Waals surface area contributed by atoms with Gasteiger partial charge >= 0.3 is 0 Å². The van der Waals surface area contributed by atoms with Crippen LogP contribution in [0.3, 0.4) is 0 Å². The van der Waals surface area contributed by atoms with E-state index in [9.17, 15) is 4.79 Å². The quantitative estimate of drug-likeness (QED) is 0.847. The third kappa shape index (κ3) is 4.09. The van der Waals surface area contributed by atoms with Gasteiger partial charge < -0.3 is 14.8 Å². The molecule has 1 N–H and O–H groups in total. The highest BCUT2D eigenvalue weighted by Crippen LogP contribution is 2.31. The average molecular weight is 321 g/mol. The van der Waals surface area contributed by atoms with Crippen molar-refractivity contribution in [1.29, 1.82) is 0 Å². The Hall–Kier alpha value is -1.36. The molecule has 1 amide bonds. The molecule has 1 aliphatic heterocycles. The fraction of sp³-hybridized carbons (Fsp3) is 0.588. The third-order valence-corrected chi connectivity index (χ3v) is 5.49. The smallest absolute Gasteiger partial charge is 0.264 e. The van der Waals surface area contributed by atoms with Crippen LogP contribution < -0.4 is 14.8 Å². The SMILES string of the molecule is O=C(NCCSC1CCCCC1)[C@@H]1COc2ccccc2O1. The highest BCUT2D eigenvalue weighted by atomic mass is 32.2. The molecule has 5 heteroatoms. The maximum absolute atomic E-state index is 12.1. The first-order chi connectivity index (χ1) is 10.8. The number of hydrogen-bond donors (Lipinski definition) is 1. The second-order valence-corrected chi connectivity index (χ2v) is 7.19. The first-order valence-corrected chi connectivity index (χ1v) is 9.15. The van der Waals surface area contributed by atoms with E-state index in [-0.39, 0.29) is 12.5 Å². The van der Waals surface area contributed by atoms with Crippen molar-refractivity contribution >= 4 is 17.7 Å². The van der Waals surface area contributed by atoms with Gasteiger partial charge in [-0.2, -0.15) is 11.8 Å². The van der Waals surface area contributed by atoms with E-state index in [1.165, 1.54) is 32.1 Å². The number of benzene rings is 1. The molecule has 1 heterocycles. The molecule has 0 spiro atoms. The van der Waals surface area contributed by atoms with Crippen LogP contribution in [-0.4, -0.2) is 36.2 Å². The van der Waals surface area contributed by atoms with Crippen LogP contribution in [0.15, 0.2) is 24.3 Å². The highest BCUT2D eigenvalue weighted by Gasteiger charge is 2.26. The summed E-state index contributed by atoms with van der Waals surface area (Å²) in [7, 11) is 0. The average Bonchev–Trinajstić information content (AvgIpc) is 2.59. The van der Waals surface area contributed by atoms with Gasteiger partial charge in [0.25, 0.3) is 5.91 Å². The Kier molecular flexibility index (Phi) is 5.48. The fourth-order valence-electron chi connectivity index (χ4n) is 2.89. The van der Waals surface area contributed by atoms with Gasteiger partial charge in [-0.3, -0.25) is 4.79 Å². The van der Waals surface area contributed by atoms with E-state index in [1.807, 2.05) is 36.0 Å². The summed E-state index contributed by atoms with van der Waals surface area (Å²) in [6.45, 7) is 0.972. The van der Waals surface area contributed by atoms with Crippen molar-refractivity contribution in [2.45, 2.75) is 43.5 Å². The van der Waals surface area contributed by atoms with Gasteiger partial charge in [0.2, 0.25) is 6.10 Å². The van der Waals surface area contributed by atoms with Crippen LogP contribution >= 0.6 is 11.8 Å². The van der Waals surface area contributed by atoms with Crippen LogP contribution in [0.1, 0.15) is 32.1 Å². The van der Waals surface area contributed by atoms with E-state index in [4.69, 9.17) is 9.47 Å². The van der Waals surface area contributed by atoms with Gasteiger partial charge in [-0.1, -0.05) is 31.4 Å². The first kappa shape index (κ1) is 15.5. The maximum Gasteiger partial charge on any atom is 0.264 e. The zero-order valence-corrected chi connectivity index (χ0v) is 13.6. The zero-order valence-electron chi connectivity index (χ0n) is 12.8. The summed E-state index contributed by atoms with van der Waals surface area (Å²) in [5, 5.41) is 3.74. The number of thioether (sulfide) groups is 1. The lowest BCUT2D eigenvalue weighted by Gasteiger charge is -2.25. The molecule has 1 fully saturated rings. The molecule has 2 aliphatic rings. The van der Waals surface area contributed by atoms with Gasteiger partial charge in [0.15, 0.2) is 11.5 Å². The van der Waals surface area contributed by atoms with Crippen molar-refractivity contribution in [2.24, 2.45) is 0 Å². The molecule has 0 saturated heterocycles. The number of nitrogens with one attached hydrogen (secondary N) is 1. The van der Waals surface area contributed by atoms with E-state index in [1.54, 1.807) is 0 Å². The van der Waals surface area contributed by atoms with E-state index in [0.29, 0.717) is 18.0 Å². The molecule has 1 saturated carbocycles. The van der Waals surface area contributed by atoms with E-state index < -0.39 is 6.10 Å². The van der Waals surface area contributed by atoms with Crippen molar-refractivity contribution in [2.75, 3.05) is 18.9 Å². The van der Waals surface area contributed by atoms with Gasteiger partial charge in [0, 0.05) is 17.5 Å². The van der Waals surface area contributed by atoms with E-state index >= 15 is 0 Å². The van der Waals surface area contributed by atoms with E-state index in [2.05, 4.69) is 5.32 Å². The molecule has 22 heavy (non-hydrogen) atoms. The predicted octanol–water partition coefficient (Wildman–Crippen LogP) is 3.01. The summed E-state index contributed by atoms with van der Waals surface area (Å²) in [5.74, 6) is 2.24. The molecular formula is C17H23NO3S. The second kappa shape index (κ2) is 7.77. The Bertz CT molecular complexity index is 502. The topological polar surface area (TPSA) is 47.6 Å². The molecule has 3 rings (SSSR count). The summed E-state index contributed by atoms with van der Waals surface area (Å²) in [6.07, 6.45) is 6.21. The summed E-state index contributed by atoms with van der Waals surface area (Å²) < 4.78 is 11.3. The first-order valence-electron chi connectivity index (χ1n) is 8.11. The molecule has 0 unspecified atom stereocenters. The lowest BCUT2D eigenvalue weighted by molar-refractivity contribution is -0.130. The number of fused-ring (bicyclic) bond motifs is 1. The van der Waals surface area contributed by atoms with Crippen LogP contribution in [0, 0.1) is 0 Å². The summed E-state index contributed by atoms with van der Waals surface area (Å²) in [6, 6.07) is 7.45. The largest absolute Gasteiger partial charge is 0.485 e. The van der Waals surface area contributed by atoms with Gasteiger partial charge in [-0.15, -0.1) is 0 Å². The van der Waals surface area contributed by atoms with E-state index in [0.717, 1.165) is 11.0 Å². The Morgan fingerprint density at radius 2 is 1.95 bits per heavy atom. The number of hydrogen-bond acceptors (Lipinski definition) is 4. The predicted molar refractivity (Wildman–Crippen MR) is 88.7 cm³/mol. The third-order valence-electron chi connectivity index (χ3n) is 4.11. The van der Waals surface area contributed by atoms with Gasteiger partial charge in [0.05, 0.1) is 0 Å².